The van der Waals surface area contributed by atoms with E-state index in [-0.39, 0.29) is 5.75 Å². The Hall–Kier alpha value is -1.52. The molecule has 2 nitrogen and oxygen atoms in total. The van der Waals surface area contributed by atoms with Crippen LogP contribution in [0, 0.1) is 0 Å². The van der Waals surface area contributed by atoms with E-state index in [1.54, 1.807) is 24.3 Å². The topological polar surface area (TPSA) is 21.3 Å². The molecule has 2 rings (SSSR count). The van der Waals surface area contributed by atoms with Gasteiger partial charge < -0.3 is 10.1 Å². The minimum atomic E-state index is -2.84. The maximum Gasteiger partial charge on any atom is 0.387 e. The minimum absolute atomic E-state index is 0.0993. The average molecular weight is 318 g/mol. The zero-order chi connectivity index (χ0) is 14.5. The average Bonchev–Trinajstić information content (AvgIpc) is 2.40. The Balaban J connectivity index is 2.05. The largest absolute Gasteiger partial charge is 0.435 e. The van der Waals surface area contributed by atoms with Gasteiger partial charge in [-0.3, -0.25) is 0 Å². The first kappa shape index (κ1) is 14.9. The molecule has 0 fully saturated rings. The number of halogens is 4. The number of hydrogen-bond acceptors (Lipinski definition) is 2. The summed E-state index contributed by atoms with van der Waals surface area (Å²) in [7, 11) is 0. The van der Waals surface area contributed by atoms with Crippen molar-refractivity contribution in [2.45, 2.75) is 13.2 Å². The Morgan fingerprint density at radius 1 is 1.10 bits per heavy atom. The summed E-state index contributed by atoms with van der Waals surface area (Å²) >= 11 is 12.0. The standard InChI is InChI=1S/C14H11Cl2F2NO/c15-12-6-1-3-9(13(12)16)8-19-10-4-2-5-11(7-10)20-14(17)18/h1-7,14,19H,8H2. The normalized spacial score (nSPS) is 10.7. The van der Waals surface area contributed by atoms with Crippen molar-refractivity contribution in [3.05, 3.63) is 58.1 Å². The molecule has 0 unspecified atom stereocenters. The molecule has 0 bridgehead atoms. The van der Waals surface area contributed by atoms with Gasteiger partial charge in [0.25, 0.3) is 0 Å². The maximum atomic E-state index is 12.1. The van der Waals surface area contributed by atoms with Gasteiger partial charge in [0.05, 0.1) is 10.0 Å². The molecule has 1 N–H and O–H groups in total. The number of benzene rings is 2. The zero-order valence-corrected chi connectivity index (χ0v) is 11.8. The summed E-state index contributed by atoms with van der Waals surface area (Å²) in [5.41, 5.74) is 1.47. The summed E-state index contributed by atoms with van der Waals surface area (Å²) in [6, 6.07) is 11.7. The fourth-order valence-corrected chi connectivity index (χ4v) is 2.05. The van der Waals surface area contributed by atoms with Crippen molar-refractivity contribution in [1.82, 2.24) is 0 Å². The molecule has 0 saturated heterocycles. The van der Waals surface area contributed by atoms with Crippen molar-refractivity contribution in [2.75, 3.05) is 5.32 Å². The predicted molar refractivity (Wildman–Crippen MR) is 76.9 cm³/mol. The maximum absolute atomic E-state index is 12.1. The molecule has 0 aliphatic rings. The van der Waals surface area contributed by atoms with E-state index in [4.69, 9.17) is 23.2 Å². The molecule has 2 aromatic carbocycles. The molecule has 0 radical (unpaired) electrons. The fraction of sp³-hybridized carbons (Fsp3) is 0.143. The second kappa shape index (κ2) is 6.77. The van der Waals surface area contributed by atoms with Gasteiger partial charge >= 0.3 is 6.61 Å². The van der Waals surface area contributed by atoms with Gasteiger partial charge in [-0.05, 0) is 23.8 Å². The van der Waals surface area contributed by atoms with Crippen LogP contribution < -0.4 is 10.1 Å². The van der Waals surface area contributed by atoms with Gasteiger partial charge in [0.15, 0.2) is 0 Å². The van der Waals surface area contributed by atoms with Crippen LogP contribution in [0.15, 0.2) is 42.5 Å². The lowest BCUT2D eigenvalue weighted by molar-refractivity contribution is -0.0498. The molecule has 6 heteroatoms. The van der Waals surface area contributed by atoms with Crippen molar-refractivity contribution in [1.29, 1.82) is 0 Å². The molecule has 2 aromatic rings. The smallest absolute Gasteiger partial charge is 0.387 e. The SMILES string of the molecule is FC(F)Oc1cccc(NCc2cccc(Cl)c2Cl)c1. The first-order chi connectivity index (χ1) is 9.56. The van der Waals surface area contributed by atoms with Gasteiger partial charge in [0.1, 0.15) is 5.75 Å². The van der Waals surface area contributed by atoms with Crippen molar-refractivity contribution in [3.63, 3.8) is 0 Å². The number of rotatable bonds is 5. The summed E-state index contributed by atoms with van der Waals surface area (Å²) < 4.78 is 28.6. The monoisotopic (exact) mass is 317 g/mol. The van der Waals surface area contributed by atoms with Crippen molar-refractivity contribution >= 4 is 28.9 Å². The van der Waals surface area contributed by atoms with Crippen LogP contribution in [0.5, 0.6) is 5.75 Å². The molecule has 0 aliphatic carbocycles. The van der Waals surface area contributed by atoms with E-state index in [9.17, 15) is 8.78 Å². The van der Waals surface area contributed by atoms with Crippen molar-refractivity contribution in [2.24, 2.45) is 0 Å². The Morgan fingerprint density at radius 2 is 1.85 bits per heavy atom. The van der Waals surface area contributed by atoms with Gasteiger partial charge in [-0.25, -0.2) is 0 Å². The van der Waals surface area contributed by atoms with Crippen LogP contribution in [0.3, 0.4) is 0 Å². The summed E-state index contributed by atoms with van der Waals surface area (Å²) in [4.78, 5) is 0. The Bertz CT molecular complexity index is 593. The van der Waals surface area contributed by atoms with E-state index < -0.39 is 6.61 Å². The van der Waals surface area contributed by atoms with Gasteiger partial charge in [0.2, 0.25) is 0 Å². The van der Waals surface area contributed by atoms with Crippen LogP contribution in [0.1, 0.15) is 5.56 Å². The number of ether oxygens (including phenoxy) is 1. The van der Waals surface area contributed by atoms with E-state index >= 15 is 0 Å². The molecule has 0 amide bonds. The predicted octanol–water partition coefficient (Wildman–Crippen LogP) is 5.21. The zero-order valence-electron chi connectivity index (χ0n) is 10.2. The number of hydrogen-bond donors (Lipinski definition) is 1. The molecule has 0 saturated carbocycles. The third-order valence-electron chi connectivity index (χ3n) is 2.57. The molecule has 0 atom stereocenters. The molecule has 20 heavy (non-hydrogen) atoms. The van der Waals surface area contributed by atoms with E-state index in [0.29, 0.717) is 22.3 Å². The van der Waals surface area contributed by atoms with E-state index in [1.165, 1.54) is 12.1 Å². The summed E-state index contributed by atoms with van der Waals surface area (Å²) in [5, 5.41) is 4.02. The van der Waals surface area contributed by atoms with Crippen LogP contribution in [0.2, 0.25) is 10.0 Å². The molecule has 0 heterocycles. The first-order valence-electron chi connectivity index (χ1n) is 5.78. The Morgan fingerprint density at radius 3 is 2.60 bits per heavy atom. The second-order valence-corrected chi connectivity index (χ2v) is 4.76. The number of nitrogens with one attached hydrogen (secondary N) is 1. The quantitative estimate of drug-likeness (QED) is 0.817. The fourth-order valence-electron chi connectivity index (χ4n) is 1.66. The Kier molecular flexibility index (Phi) is 5.04. The third kappa shape index (κ3) is 3.99. The van der Waals surface area contributed by atoms with Gasteiger partial charge in [0, 0.05) is 18.3 Å². The first-order valence-corrected chi connectivity index (χ1v) is 6.53. The number of anilines is 1. The molecule has 0 aromatic heterocycles. The van der Waals surface area contributed by atoms with Gasteiger partial charge in [-0.1, -0.05) is 41.4 Å². The lowest BCUT2D eigenvalue weighted by atomic mass is 10.2. The van der Waals surface area contributed by atoms with Crippen LogP contribution in [0.4, 0.5) is 14.5 Å². The van der Waals surface area contributed by atoms with E-state index in [2.05, 4.69) is 10.1 Å². The second-order valence-electron chi connectivity index (χ2n) is 3.97. The lowest BCUT2D eigenvalue weighted by Gasteiger charge is -2.10. The van der Waals surface area contributed by atoms with Crippen LogP contribution in [-0.4, -0.2) is 6.61 Å². The highest BCUT2D eigenvalue weighted by atomic mass is 35.5. The highest BCUT2D eigenvalue weighted by molar-refractivity contribution is 6.42. The molecular formula is C14H11Cl2F2NO. The Labute approximate surface area is 125 Å². The van der Waals surface area contributed by atoms with Gasteiger partial charge in [-0.2, -0.15) is 8.78 Å². The molecule has 106 valence electrons. The lowest BCUT2D eigenvalue weighted by Crippen LogP contribution is -2.03. The van der Waals surface area contributed by atoms with E-state index in [0.717, 1.165) is 5.56 Å². The summed E-state index contributed by atoms with van der Waals surface area (Å²) in [6.45, 7) is -2.41. The summed E-state index contributed by atoms with van der Waals surface area (Å²) in [6.07, 6.45) is 0. The van der Waals surface area contributed by atoms with E-state index in [1.807, 2.05) is 6.07 Å². The van der Waals surface area contributed by atoms with Crippen molar-refractivity contribution < 1.29 is 13.5 Å². The number of alkyl halides is 2. The summed E-state index contributed by atoms with van der Waals surface area (Å²) in [5.74, 6) is 0.0993. The van der Waals surface area contributed by atoms with Gasteiger partial charge in [-0.15, -0.1) is 0 Å². The van der Waals surface area contributed by atoms with Crippen LogP contribution >= 0.6 is 23.2 Å². The molecule has 0 spiro atoms. The highest BCUT2D eigenvalue weighted by Crippen LogP contribution is 2.26. The van der Waals surface area contributed by atoms with Crippen LogP contribution in [-0.2, 0) is 6.54 Å². The molecule has 0 aliphatic heterocycles. The highest BCUT2D eigenvalue weighted by Gasteiger charge is 2.06. The molecular weight excluding hydrogens is 307 g/mol. The minimum Gasteiger partial charge on any atom is -0.435 e. The third-order valence-corrected chi connectivity index (χ3v) is 3.43. The van der Waals surface area contributed by atoms with Crippen LogP contribution in [0.25, 0.3) is 0 Å². The van der Waals surface area contributed by atoms with Crippen molar-refractivity contribution in [3.8, 4) is 5.75 Å².